The highest BCUT2D eigenvalue weighted by molar-refractivity contribution is 5.76. The van der Waals surface area contributed by atoms with Gasteiger partial charge in [0.1, 0.15) is 29.9 Å². The zero-order valence-electron chi connectivity index (χ0n) is 15.0. The monoisotopic (exact) mass is 398 g/mol. The van der Waals surface area contributed by atoms with E-state index in [4.69, 9.17) is 20.7 Å². The van der Waals surface area contributed by atoms with Crippen molar-refractivity contribution in [1.29, 1.82) is 0 Å². The first-order chi connectivity index (χ1) is 13.1. The standard InChI is InChI=1S/C15H19FN6O6/c1-6(2)8(17)11(24)27-5-14-12(20-21-18)15(14,26)9(16)10(28-14)22-4-3-7(23)19-13(22)25/h3-4,6,8-10,12,26H,5,17H2,1-2H3,(H,19,23,25)/t8?,9-,10+,12?,14-,15+/m0/s1. The second-order valence-corrected chi connectivity index (χ2v) is 7.13. The number of carbonyl (C=O) groups excluding carboxylic acids is 1. The van der Waals surface area contributed by atoms with Crippen LogP contribution in [0.4, 0.5) is 4.39 Å². The summed E-state index contributed by atoms with van der Waals surface area (Å²) in [4.78, 5) is 39.7. The number of hydrogen-bond acceptors (Lipinski definition) is 8. The number of carbonyl (C=O) groups is 1. The van der Waals surface area contributed by atoms with Gasteiger partial charge < -0.3 is 20.3 Å². The summed E-state index contributed by atoms with van der Waals surface area (Å²) in [7, 11) is 0. The predicted octanol–water partition coefficient (Wildman–Crippen LogP) is -0.908. The molecule has 1 aromatic rings. The largest absolute Gasteiger partial charge is 0.461 e. The number of ether oxygens (including phenoxy) is 2. The van der Waals surface area contributed by atoms with E-state index in [1.54, 1.807) is 13.8 Å². The predicted molar refractivity (Wildman–Crippen MR) is 90.7 cm³/mol. The molecule has 1 aliphatic carbocycles. The number of H-pyrrole nitrogens is 1. The van der Waals surface area contributed by atoms with Crippen molar-refractivity contribution in [2.75, 3.05) is 6.61 Å². The van der Waals surface area contributed by atoms with Gasteiger partial charge in [0.2, 0.25) is 0 Å². The molecular formula is C15H19FN6O6. The fraction of sp³-hybridized carbons (Fsp3) is 0.667. The minimum Gasteiger partial charge on any atom is -0.461 e. The van der Waals surface area contributed by atoms with Crippen LogP contribution in [0.5, 0.6) is 0 Å². The van der Waals surface area contributed by atoms with Crippen LogP contribution in [0, 0.1) is 5.92 Å². The normalized spacial score (nSPS) is 34.4. The number of aromatic amines is 1. The number of halogens is 1. The number of rotatable bonds is 6. The Morgan fingerprint density at radius 1 is 1.61 bits per heavy atom. The summed E-state index contributed by atoms with van der Waals surface area (Å²) in [5.41, 5.74) is 8.53. The van der Waals surface area contributed by atoms with Gasteiger partial charge in [-0.2, -0.15) is 0 Å². The molecule has 6 atom stereocenters. The van der Waals surface area contributed by atoms with Crippen LogP contribution < -0.4 is 17.0 Å². The smallest absolute Gasteiger partial charge is 0.330 e. The van der Waals surface area contributed by atoms with Gasteiger partial charge in [-0.3, -0.25) is 19.1 Å². The van der Waals surface area contributed by atoms with E-state index in [1.807, 2.05) is 4.98 Å². The molecule has 2 aliphatic rings. The number of hydrogen-bond donors (Lipinski definition) is 3. The fourth-order valence-corrected chi connectivity index (χ4v) is 3.36. The molecule has 4 N–H and O–H groups in total. The lowest BCUT2D eigenvalue weighted by molar-refractivity contribution is -0.155. The number of alkyl halides is 1. The van der Waals surface area contributed by atoms with Crippen molar-refractivity contribution in [2.45, 2.75) is 49.5 Å². The van der Waals surface area contributed by atoms with Gasteiger partial charge in [0.15, 0.2) is 12.4 Å². The number of aromatic nitrogens is 2. The third kappa shape index (κ3) is 2.71. The third-order valence-electron chi connectivity index (χ3n) is 5.17. The summed E-state index contributed by atoms with van der Waals surface area (Å²) in [5.74, 6) is -1.04. The van der Waals surface area contributed by atoms with Crippen LogP contribution in [-0.2, 0) is 14.3 Å². The highest BCUT2D eigenvalue weighted by Gasteiger charge is 2.88. The summed E-state index contributed by atoms with van der Waals surface area (Å²) in [6, 6.07) is -1.36. The molecule has 1 saturated carbocycles. The average molecular weight is 398 g/mol. The fourth-order valence-electron chi connectivity index (χ4n) is 3.36. The molecule has 12 nitrogen and oxygen atoms in total. The molecule has 0 aromatic carbocycles. The molecule has 0 spiro atoms. The first kappa shape index (κ1) is 20.0. The lowest BCUT2D eigenvalue weighted by Crippen LogP contribution is -2.40. The number of esters is 1. The highest BCUT2D eigenvalue weighted by atomic mass is 19.1. The Balaban J connectivity index is 1.89. The number of nitrogens with zero attached hydrogens (tertiary/aromatic N) is 4. The lowest BCUT2D eigenvalue weighted by Gasteiger charge is -2.23. The summed E-state index contributed by atoms with van der Waals surface area (Å²) in [5, 5.41) is 14.1. The number of aliphatic hydroxyl groups is 1. The molecule has 1 aromatic heterocycles. The van der Waals surface area contributed by atoms with E-state index in [0.717, 1.165) is 16.8 Å². The Bertz CT molecular complexity index is 957. The lowest BCUT2D eigenvalue weighted by atomic mass is 10.1. The molecule has 152 valence electrons. The molecular weight excluding hydrogens is 379 g/mol. The summed E-state index contributed by atoms with van der Waals surface area (Å²) in [6.45, 7) is 2.76. The first-order valence-electron chi connectivity index (χ1n) is 8.42. The van der Waals surface area contributed by atoms with Gasteiger partial charge in [0, 0.05) is 17.2 Å². The molecule has 0 amide bonds. The van der Waals surface area contributed by atoms with Crippen LogP contribution >= 0.6 is 0 Å². The van der Waals surface area contributed by atoms with E-state index < -0.39 is 59.5 Å². The van der Waals surface area contributed by atoms with E-state index in [1.165, 1.54) is 0 Å². The van der Waals surface area contributed by atoms with Gasteiger partial charge in [0.25, 0.3) is 5.56 Å². The van der Waals surface area contributed by atoms with Crippen molar-refractivity contribution in [3.63, 3.8) is 0 Å². The molecule has 2 unspecified atom stereocenters. The van der Waals surface area contributed by atoms with Crippen molar-refractivity contribution < 1.29 is 23.8 Å². The van der Waals surface area contributed by atoms with E-state index in [-0.39, 0.29) is 5.92 Å². The van der Waals surface area contributed by atoms with Crippen molar-refractivity contribution in [3.8, 4) is 0 Å². The van der Waals surface area contributed by atoms with Gasteiger partial charge in [0.05, 0.1) is 0 Å². The maximum atomic E-state index is 15.0. The summed E-state index contributed by atoms with van der Waals surface area (Å²) >= 11 is 0. The topological polar surface area (TPSA) is 185 Å². The highest BCUT2D eigenvalue weighted by Crippen LogP contribution is 2.65. The Morgan fingerprint density at radius 3 is 2.86 bits per heavy atom. The minimum atomic E-state index is -2.32. The SMILES string of the molecule is CC(C)C(N)C(=O)OC[C@@]12O[C@@H](n3ccc(=O)[nH]c3=O)[C@H](F)[C@@]1(O)C2N=[N+]=[N-]. The number of azide groups is 1. The maximum Gasteiger partial charge on any atom is 0.330 e. The minimum absolute atomic E-state index is 0.234. The van der Waals surface area contributed by atoms with E-state index in [0.29, 0.717) is 0 Å². The second kappa shape index (κ2) is 6.71. The molecule has 2 fully saturated rings. The Hall–Kier alpha value is -2.73. The van der Waals surface area contributed by atoms with Crippen LogP contribution in [0.25, 0.3) is 10.4 Å². The van der Waals surface area contributed by atoms with Gasteiger partial charge >= 0.3 is 11.7 Å². The Kier molecular flexibility index (Phi) is 4.79. The number of fused-ring (bicyclic) bond motifs is 1. The second-order valence-electron chi connectivity index (χ2n) is 7.13. The van der Waals surface area contributed by atoms with Crippen molar-refractivity contribution in [3.05, 3.63) is 43.5 Å². The molecule has 0 bridgehead atoms. The number of nitrogens with two attached hydrogens (primary N) is 1. The van der Waals surface area contributed by atoms with Crippen LogP contribution in [0.2, 0.25) is 0 Å². The molecule has 1 aliphatic heterocycles. The van der Waals surface area contributed by atoms with Gasteiger partial charge in [-0.1, -0.05) is 19.0 Å². The molecule has 0 radical (unpaired) electrons. The van der Waals surface area contributed by atoms with E-state index in [9.17, 15) is 19.5 Å². The van der Waals surface area contributed by atoms with Gasteiger partial charge in [-0.25, -0.2) is 9.18 Å². The zero-order chi connectivity index (χ0) is 20.9. The summed E-state index contributed by atoms with van der Waals surface area (Å²) < 4.78 is 26.4. The van der Waals surface area contributed by atoms with E-state index >= 15 is 4.39 Å². The van der Waals surface area contributed by atoms with Crippen LogP contribution in [0.1, 0.15) is 20.1 Å². The Labute approximate surface area is 156 Å². The van der Waals surface area contributed by atoms with Crippen LogP contribution in [0.3, 0.4) is 0 Å². The van der Waals surface area contributed by atoms with Crippen LogP contribution in [-0.4, -0.2) is 56.7 Å². The molecule has 2 heterocycles. The van der Waals surface area contributed by atoms with Crippen LogP contribution in [0.15, 0.2) is 27.0 Å². The van der Waals surface area contributed by atoms with Crippen molar-refractivity contribution in [2.24, 2.45) is 16.8 Å². The van der Waals surface area contributed by atoms with Crippen molar-refractivity contribution >= 4 is 5.97 Å². The molecule has 1 saturated heterocycles. The van der Waals surface area contributed by atoms with Crippen molar-refractivity contribution in [1.82, 2.24) is 9.55 Å². The van der Waals surface area contributed by atoms with E-state index in [2.05, 4.69) is 10.0 Å². The van der Waals surface area contributed by atoms with Gasteiger partial charge in [-0.15, -0.1) is 0 Å². The zero-order valence-corrected chi connectivity index (χ0v) is 15.0. The molecule has 3 rings (SSSR count). The average Bonchev–Trinajstić information content (AvgIpc) is 3.05. The first-order valence-corrected chi connectivity index (χ1v) is 8.42. The van der Waals surface area contributed by atoms with Gasteiger partial charge in [-0.05, 0) is 11.4 Å². The summed E-state index contributed by atoms with van der Waals surface area (Å²) in [6.07, 6.45) is -2.83. The quantitative estimate of drug-likeness (QED) is 0.239. The third-order valence-corrected chi connectivity index (χ3v) is 5.17. The maximum absolute atomic E-state index is 15.0. The molecule has 28 heavy (non-hydrogen) atoms. The number of nitrogens with one attached hydrogen (secondary N) is 1. The molecule has 13 heteroatoms. The Morgan fingerprint density at radius 2 is 2.29 bits per heavy atom.